The van der Waals surface area contributed by atoms with E-state index in [1.807, 2.05) is 36.4 Å². The first-order valence-corrected chi connectivity index (χ1v) is 18.4. The van der Waals surface area contributed by atoms with Gasteiger partial charge in [0.25, 0.3) is 0 Å². The molecule has 7 aromatic carbocycles. The summed E-state index contributed by atoms with van der Waals surface area (Å²) in [4.78, 5) is 15.6. The molecule has 0 radical (unpaired) electrons. The van der Waals surface area contributed by atoms with Crippen LogP contribution in [0, 0.1) is 0 Å². The Balaban J connectivity index is 1.17. The first-order chi connectivity index (χ1) is 26.3. The molecular weight excluding hydrogens is 643 g/mol. The first-order valence-electron chi connectivity index (χ1n) is 18.4. The number of fused-ring (bicyclic) bond motifs is 11. The van der Waals surface area contributed by atoms with Gasteiger partial charge in [0.05, 0.1) is 5.41 Å². The van der Waals surface area contributed by atoms with Crippen LogP contribution in [0.2, 0.25) is 0 Å². The number of hydrogen-bond donors (Lipinski definition) is 0. The van der Waals surface area contributed by atoms with Gasteiger partial charge in [-0.25, -0.2) is 15.0 Å². The van der Waals surface area contributed by atoms with Crippen LogP contribution in [0.5, 0.6) is 0 Å². The highest BCUT2D eigenvalue weighted by Gasteiger charge is 2.53. The predicted molar refractivity (Wildman–Crippen MR) is 215 cm³/mol. The molecule has 248 valence electrons. The van der Waals surface area contributed by atoms with Crippen LogP contribution in [0.3, 0.4) is 0 Å². The smallest absolute Gasteiger partial charge is 0.165 e. The highest BCUT2D eigenvalue weighted by molar-refractivity contribution is 6.01. The summed E-state index contributed by atoms with van der Waals surface area (Å²) in [5.41, 5.74) is 14.6. The van der Waals surface area contributed by atoms with E-state index in [1.54, 1.807) is 0 Å². The molecule has 3 heteroatoms. The van der Waals surface area contributed by atoms with Crippen molar-refractivity contribution in [3.05, 3.63) is 215 Å². The van der Waals surface area contributed by atoms with E-state index < -0.39 is 0 Å². The van der Waals surface area contributed by atoms with Crippen molar-refractivity contribution in [2.45, 2.75) is 17.8 Å². The van der Waals surface area contributed by atoms with E-state index in [0.29, 0.717) is 17.5 Å². The molecule has 1 heterocycles. The average Bonchev–Trinajstić information content (AvgIpc) is 3.71. The van der Waals surface area contributed by atoms with Crippen LogP contribution in [-0.4, -0.2) is 15.0 Å². The van der Waals surface area contributed by atoms with E-state index in [2.05, 4.69) is 146 Å². The van der Waals surface area contributed by atoms with E-state index in [1.165, 1.54) is 50.1 Å². The summed E-state index contributed by atoms with van der Waals surface area (Å²) < 4.78 is 0. The Hall–Kier alpha value is -6.71. The fourth-order valence-electron chi connectivity index (χ4n) is 9.29. The highest BCUT2D eigenvalue weighted by Crippen LogP contribution is 2.65. The summed E-state index contributed by atoms with van der Waals surface area (Å²) in [5.74, 6) is 2.12. The number of benzene rings is 7. The van der Waals surface area contributed by atoms with Gasteiger partial charge in [0.2, 0.25) is 0 Å². The van der Waals surface area contributed by atoms with Crippen molar-refractivity contribution in [1.82, 2.24) is 15.0 Å². The molecule has 3 aliphatic rings. The van der Waals surface area contributed by atoms with Crippen LogP contribution >= 0.6 is 0 Å². The van der Waals surface area contributed by atoms with Crippen molar-refractivity contribution in [2.75, 3.05) is 0 Å². The largest absolute Gasteiger partial charge is 0.208 e. The highest BCUT2D eigenvalue weighted by atomic mass is 15.0. The minimum absolute atomic E-state index is 0.0941. The standard InChI is InChI=1S/C50H33N3/c1-3-16-33(17-4-1)47-51-48(34-18-5-2-6-19-34)53-49(52-47)46-36-20-8-7-15-32(36)27-29-37(46)35-28-30-41-40-23-11-14-26-44(40)50(45(41)31-35)42-24-12-9-21-38(42)39-22-10-13-25-43(39)50/h1-27,29-31,35H,28H2. The van der Waals surface area contributed by atoms with Gasteiger partial charge >= 0.3 is 0 Å². The topological polar surface area (TPSA) is 38.7 Å². The molecule has 3 aliphatic carbocycles. The predicted octanol–water partition coefficient (Wildman–Crippen LogP) is 11.9. The Bertz CT molecular complexity index is 2710. The van der Waals surface area contributed by atoms with Crippen LogP contribution < -0.4 is 0 Å². The summed E-state index contributed by atoms with van der Waals surface area (Å²) in [6.07, 6.45) is 5.95. The molecular formula is C50H33N3. The normalized spacial score (nSPS) is 16.0. The van der Waals surface area contributed by atoms with Crippen LogP contribution in [0.4, 0.5) is 0 Å². The lowest BCUT2D eigenvalue weighted by Gasteiger charge is -2.33. The van der Waals surface area contributed by atoms with Gasteiger partial charge in [-0.05, 0) is 67.3 Å². The zero-order valence-corrected chi connectivity index (χ0v) is 28.9. The van der Waals surface area contributed by atoms with Gasteiger partial charge in [0.15, 0.2) is 17.5 Å². The molecule has 0 bridgehead atoms. The molecule has 0 amide bonds. The third-order valence-corrected chi connectivity index (χ3v) is 11.5. The van der Waals surface area contributed by atoms with Crippen molar-refractivity contribution in [3.63, 3.8) is 0 Å². The molecule has 1 spiro atoms. The summed E-state index contributed by atoms with van der Waals surface area (Å²) >= 11 is 0. The van der Waals surface area contributed by atoms with Gasteiger partial charge in [-0.15, -0.1) is 0 Å². The molecule has 11 rings (SSSR count). The molecule has 0 saturated heterocycles. The van der Waals surface area contributed by atoms with Gasteiger partial charge in [0.1, 0.15) is 0 Å². The van der Waals surface area contributed by atoms with Gasteiger partial charge in [-0.3, -0.25) is 0 Å². The maximum atomic E-state index is 5.28. The second-order valence-corrected chi connectivity index (χ2v) is 14.2. The summed E-state index contributed by atoms with van der Waals surface area (Å²) in [6.45, 7) is 0. The number of nitrogens with zero attached hydrogens (tertiary/aromatic N) is 3. The zero-order valence-electron chi connectivity index (χ0n) is 28.9. The zero-order chi connectivity index (χ0) is 34.9. The van der Waals surface area contributed by atoms with E-state index >= 15 is 0 Å². The maximum Gasteiger partial charge on any atom is 0.165 e. The average molecular weight is 676 g/mol. The van der Waals surface area contributed by atoms with Gasteiger partial charge in [-0.2, -0.15) is 0 Å². The second kappa shape index (κ2) is 11.7. The van der Waals surface area contributed by atoms with Gasteiger partial charge < -0.3 is 0 Å². The van der Waals surface area contributed by atoms with Crippen molar-refractivity contribution in [3.8, 4) is 45.3 Å². The van der Waals surface area contributed by atoms with Crippen LogP contribution in [0.1, 0.15) is 40.2 Å². The molecule has 1 atom stereocenters. The number of hydrogen-bond acceptors (Lipinski definition) is 3. The molecule has 0 aliphatic heterocycles. The Morgan fingerprint density at radius 3 is 1.60 bits per heavy atom. The van der Waals surface area contributed by atoms with Crippen LogP contribution in [0.25, 0.3) is 61.6 Å². The lowest BCUT2D eigenvalue weighted by Crippen LogP contribution is -2.27. The lowest BCUT2D eigenvalue weighted by atomic mass is 9.68. The Kier molecular flexibility index (Phi) is 6.59. The molecule has 3 nitrogen and oxygen atoms in total. The lowest BCUT2D eigenvalue weighted by molar-refractivity contribution is 0.759. The SMILES string of the molecule is C1=C2C(=CC(c3ccc4ccccc4c3-c3nc(-c4ccccc4)nc(-c4ccccc4)n3)C1)C1(c3ccccc32)c2ccccc2-c2ccccc21. The first kappa shape index (κ1) is 30.0. The Morgan fingerprint density at radius 1 is 0.453 bits per heavy atom. The number of aromatic nitrogens is 3. The molecule has 1 unspecified atom stereocenters. The number of rotatable bonds is 4. The van der Waals surface area contributed by atoms with E-state index in [0.717, 1.165) is 33.9 Å². The van der Waals surface area contributed by atoms with E-state index in [-0.39, 0.29) is 11.3 Å². The molecule has 0 saturated carbocycles. The minimum Gasteiger partial charge on any atom is -0.208 e. The monoisotopic (exact) mass is 675 g/mol. The molecule has 0 fully saturated rings. The summed E-state index contributed by atoms with van der Waals surface area (Å²) in [7, 11) is 0. The molecule has 53 heavy (non-hydrogen) atoms. The van der Waals surface area contributed by atoms with Crippen LogP contribution in [-0.2, 0) is 5.41 Å². The van der Waals surface area contributed by atoms with Gasteiger partial charge in [0, 0.05) is 22.6 Å². The van der Waals surface area contributed by atoms with Crippen LogP contribution in [0.15, 0.2) is 188 Å². The van der Waals surface area contributed by atoms with Crippen molar-refractivity contribution in [1.29, 1.82) is 0 Å². The Labute approximate surface area is 308 Å². The van der Waals surface area contributed by atoms with Gasteiger partial charge in [-0.1, -0.05) is 182 Å². The summed E-state index contributed by atoms with van der Waals surface area (Å²) in [6, 6.07) is 60.8. The van der Waals surface area contributed by atoms with Crippen molar-refractivity contribution < 1.29 is 0 Å². The van der Waals surface area contributed by atoms with Crippen molar-refractivity contribution >= 4 is 16.3 Å². The fourth-order valence-corrected chi connectivity index (χ4v) is 9.29. The molecule has 1 aromatic heterocycles. The molecule has 8 aromatic rings. The quantitative estimate of drug-likeness (QED) is 0.186. The van der Waals surface area contributed by atoms with Crippen molar-refractivity contribution in [2.24, 2.45) is 0 Å². The third kappa shape index (κ3) is 4.37. The van der Waals surface area contributed by atoms with E-state index in [9.17, 15) is 0 Å². The molecule has 0 N–H and O–H groups in total. The Morgan fingerprint density at radius 2 is 0.962 bits per heavy atom. The summed E-state index contributed by atoms with van der Waals surface area (Å²) in [5, 5.41) is 2.31. The minimum atomic E-state index is -0.389. The fraction of sp³-hybridized carbons (Fsp3) is 0.0600. The third-order valence-electron chi connectivity index (χ3n) is 11.5. The number of allylic oxidation sites excluding steroid dienone is 4. The van der Waals surface area contributed by atoms with E-state index in [4.69, 9.17) is 15.0 Å². The maximum absolute atomic E-state index is 5.28. The second-order valence-electron chi connectivity index (χ2n) is 14.2.